The van der Waals surface area contributed by atoms with Gasteiger partial charge in [0.25, 0.3) is 0 Å². The minimum Gasteiger partial charge on any atom is -0.450 e. The van der Waals surface area contributed by atoms with Crippen molar-refractivity contribution in [3.8, 4) is 0 Å². The first-order chi connectivity index (χ1) is 11.7. The van der Waals surface area contributed by atoms with Gasteiger partial charge in [0.1, 0.15) is 10.6 Å². The van der Waals surface area contributed by atoms with Crippen molar-refractivity contribution in [2.24, 2.45) is 0 Å². The zero-order valence-electron chi connectivity index (χ0n) is 15.1. The number of ether oxygens (including phenoxy) is 1. The lowest BCUT2D eigenvalue weighted by Crippen LogP contribution is -2.25. The van der Waals surface area contributed by atoms with E-state index in [1.54, 1.807) is 27.8 Å². The normalized spacial score (nSPS) is 11.9. The Balaban J connectivity index is 2.24. The van der Waals surface area contributed by atoms with Crippen molar-refractivity contribution in [2.75, 3.05) is 12.4 Å². The molecule has 0 radical (unpaired) electrons. The highest BCUT2D eigenvalue weighted by Crippen LogP contribution is 2.26. The van der Waals surface area contributed by atoms with Gasteiger partial charge in [-0.05, 0) is 51.7 Å². The molecule has 0 spiro atoms. The van der Waals surface area contributed by atoms with Crippen LogP contribution in [0, 0.1) is 20.8 Å². The Labute approximate surface area is 149 Å². The Kier molecular flexibility index (Phi) is 5.42. The van der Waals surface area contributed by atoms with E-state index in [2.05, 4.69) is 14.7 Å². The Morgan fingerprint density at radius 1 is 1.20 bits per heavy atom. The van der Waals surface area contributed by atoms with Crippen LogP contribution in [0.4, 0.5) is 5.00 Å². The Hall–Kier alpha value is -2.48. The van der Waals surface area contributed by atoms with Gasteiger partial charge in [0.15, 0.2) is 11.9 Å². The average molecular weight is 363 g/mol. The second kappa shape index (κ2) is 7.18. The average Bonchev–Trinajstić information content (AvgIpc) is 3.05. The first kappa shape index (κ1) is 18.9. The number of hydrogen-bond donors (Lipinski definition) is 2. The zero-order valence-corrected chi connectivity index (χ0v) is 15.9. The van der Waals surface area contributed by atoms with Crippen molar-refractivity contribution in [2.45, 2.75) is 40.7 Å². The maximum Gasteiger partial charge on any atom is 0.343 e. The molecule has 0 saturated heterocycles. The standard InChI is InChI=1S/C17H21N3O4S/c1-7-12(10(4)21)8(2)19-14(7)15(22)11(5)24-17(23)13-9(3)20-25-16(13)18-6/h11,18-19H,1-6H3/t11-/m0/s1. The molecule has 0 bridgehead atoms. The number of H-pyrrole nitrogens is 1. The SMILES string of the molecule is CNc1snc(C)c1C(=O)O[C@@H](C)C(=O)c1[nH]c(C)c(C(C)=O)c1C. The number of esters is 1. The van der Waals surface area contributed by atoms with Gasteiger partial charge < -0.3 is 15.0 Å². The number of aromatic nitrogens is 2. The van der Waals surface area contributed by atoms with Gasteiger partial charge in [0.05, 0.1) is 11.4 Å². The third-order valence-corrected chi connectivity index (χ3v) is 4.94. The summed E-state index contributed by atoms with van der Waals surface area (Å²) in [5.41, 5.74) is 2.86. The van der Waals surface area contributed by atoms with Gasteiger partial charge in [-0.1, -0.05) is 0 Å². The summed E-state index contributed by atoms with van der Waals surface area (Å²) in [6.45, 7) is 8.10. The lowest BCUT2D eigenvalue weighted by molar-refractivity contribution is 0.0317. The highest BCUT2D eigenvalue weighted by Gasteiger charge is 2.28. The van der Waals surface area contributed by atoms with E-state index in [0.717, 1.165) is 11.5 Å². The lowest BCUT2D eigenvalue weighted by Gasteiger charge is -2.12. The summed E-state index contributed by atoms with van der Waals surface area (Å²) >= 11 is 1.16. The van der Waals surface area contributed by atoms with Crippen LogP contribution < -0.4 is 5.32 Å². The van der Waals surface area contributed by atoms with Crippen LogP contribution in [0.5, 0.6) is 0 Å². The number of rotatable bonds is 6. The number of nitrogens with zero attached hydrogens (tertiary/aromatic N) is 1. The van der Waals surface area contributed by atoms with Gasteiger partial charge in [-0.15, -0.1) is 0 Å². The smallest absolute Gasteiger partial charge is 0.343 e. The number of carbonyl (C=O) groups is 3. The van der Waals surface area contributed by atoms with Crippen LogP contribution in [-0.4, -0.2) is 40.0 Å². The van der Waals surface area contributed by atoms with Crippen molar-refractivity contribution in [1.29, 1.82) is 0 Å². The van der Waals surface area contributed by atoms with Crippen LogP contribution in [0.2, 0.25) is 0 Å². The maximum absolute atomic E-state index is 12.6. The van der Waals surface area contributed by atoms with Crippen LogP contribution in [-0.2, 0) is 4.74 Å². The third kappa shape index (κ3) is 3.48. The molecular formula is C17H21N3O4S. The fraction of sp³-hybridized carbons (Fsp3) is 0.412. The predicted molar refractivity (Wildman–Crippen MR) is 95.9 cm³/mol. The Morgan fingerprint density at radius 2 is 1.84 bits per heavy atom. The number of nitrogens with one attached hydrogen (secondary N) is 2. The molecule has 2 rings (SSSR count). The van der Waals surface area contributed by atoms with Crippen molar-refractivity contribution in [3.05, 3.63) is 33.8 Å². The molecule has 0 unspecified atom stereocenters. The van der Waals surface area contributed by atoms with Crippen LogP contribution in [0.25, 0.3) is 0 Å². The predicted octanol–water partition coefficient (Wildman–Crippen LogP) is 3.07. The Bertz CT molecular complexity index is 850. The summed E-state index contributed by atoms with van der Waals surface area (Å²) in [6.07, 6.45) is -0.993. The van der Waals surface area contributed by atoms with Crippen LogP contribution in [0.15, 0.2) is 0 Å². The topological polar surface area (TPSA) is 101 Å². The van der Waals surface area contributed by atoms with Crippen molar-refractivity contribution >= 4 is 34.1 Å². The van der Waals surface area contributed by atoms with Gasteiger partial charge in [-0.3, -0.25) is 9.59 Å². The second-order valence-electron chi connectivity index (χ2n) is 5.82. The Morgan fingerprint density at radius 3 is 2.36 bits per heavy atom. The van der Waals surface area contributed by atoms with E-state index in [1.165, 1.54) is 13.8 Å². The van der Waals surface area contributed by atoms with Gasteiger partial charge in [-0.25, -0.2) is 4.79 Å². The van der Waals surface area contributed by atoms with E-state index in [4.69, 9.17) is 4.74 Å². The minimum absolute atomic E-state index is 0.117. The largest absolute Gasteiger partial charge is 0.450 e. The number of ketones is 2. The first-order valence-corrected chi connectivity index (χ1v) is 8.55. The fourth-order valence-corrected chi connectivity index (χ4v) is 3.51. The molecule has 0 amide bonds. The molecule has 0 aliphatic carbocycles. The van der Waals surface area contributed by atoms with Crippen LogP contribution in [0.3, 0.4) is 0 Å². The molecule has 2 heterocycles. The summed E-state index contributed by atoms with van der Waals surface area (Å²) in [5.74, 6) is -1.11. The quantitative estimate of drug-likeness (QED) is 0.604. The number of anilines is 1. The van der Waals surface area contributed by atoms with Crippen LogP contribution >= 0.6 is 11.5 Å². The van der Waals surface area contributed by atoms with Crippen molar-refractivity contribution in [1.82, 2.24) is 9.36 Å². The molecule has 2 aromatic rings. The highest BCUT2D eigenvalue weighted by atomic mass is 32.1. The molecule has 134 valence electrons. The molecule has 25 heavy (non-hydrogen) atoms. The van der Waals surface area contributed by atoms with Crippen LogP contribution in [0.1, 0.15) is 62.0 Å². The molecule has 0 aliphatic heterocycles. The molecule has 2 N–H and O–H groups in total. The zero-order chi connectivity index (χ0) is 18.9. The minimum atomic E-state index is -0.993. The van der Waals surface area contributed by atoms with E-state index in [9.17, 15) is 14.4 Å². The summed E-state index contributed by atoms with van der Waals surface area (Å²) in [4.78, 5) is 39.7. The maximum atomic E-state index is 12.6. The summed E-state index contributed by atoms with van der Waals surface area (Å²) in [5, 5.41) is 3.48. The van der Waals surface area contributed by atoms with Gasteiger partial charge in [0.2, 0.25) is 5.78 Å². The van der Waals surface area contributed by atoms with E-state index in [-0.39, 0.29) is 17.3 Å². The fourth-order valence-electron chi connectivity index (χ4n) is 2.78. The third-order valence-electron chi connectivity index (χ3n) is 3.98. The highest BCUT2D eigenvalue weighted by molar-refractivity contribution is 7.10. The lowest BCUT2D eigenvalue weighted by atomic mass is 10.0. The molecule has 0 saturated carbocycles. The molecule has 0 aliphatic rings. The number of hydrogen-bond acceptors (Lipinski definition) is 7. The molecule has 0 fully saturated rings. The van der Waals surface area contributed by atoms with Gasteiger partial charge in [-0.2, -0.15) is 4.37 Å². The molecule has 2 aromatic heterocycles. The van der Waals surface area contributed by atoms with E-state index < -0.39 is 12.1 Å². The number of aryl methyl sites for hydroxylation is 2. The summed E-state index contributed by atoms with van der Waals surface area (Å²) < 4.78 is 9.45. The summed E-state index contributed by atoms with van der Waals surface area (Å²) in [7, 11) is 1.69. The van der Waals surface area contributed by atoms with E-state index in [1.807, 2.05) is 0 Å². The molecule has 1 atom stereocenters. The monoisotopic (exact) mass is 363 g/mol. The van der Waals surface area contributed by atoms with E-state index >= 15 is 0 Å². The molecular weight excluding hydrogens is 342 g/mol. The van der Waals surface area contributed by atoms with Gasteiger partial charge >= 0.3 is 5.97 Å². The molecule has 0 aromatic carbocycles. The number of carbonyl (C=O) groups excluding carboxylic acids is 3. The first-order valence-electron chi connectivity index (χ1n) is 7.78. The summed E-state index contributed by atoms with van der Waals surface area (Å²) in [6, 6.07) is 0. The molecule has 7 nitrogen and oxygen atoms in total. The van der Waals surface area contributed by atoms with Gasteiger partial charge in [0, 0.05) is 18.3 Å². The van der Waals surface area contributed by atoms with E-state index in [0.29, 0.717) is 33.1 Å². The molecule has 8 heteroatoms. The number of aromatic amines is 1. The van der Waals surface area contributed by atoms with Crippen molar-refractivity contribution in [3.63, 3.8) is 0 Å². The number of Topliss-reactive ketones (excluding diaryl/α,β-unsaturated/α-hetero) is 2. The van der Waals surface area contributed by atoms with Crippen molar-refractivity contribution < 1.29 is 19.1 Å². The second-order valence-corrected chi connectivity index (χ2v) is 6.59.